The molecule has 2 aliphatic rings. The van der Waals surface area contributed by atoms with E-state index in [2.05, 4.69) is 21.8 Å². The maximum absolute atomic E-state index is 7.50. The van der Waals surface area contributed by atoms with Crippen LogP contribution in [0.25, 0.3) is 16.3 Å². The van der Waals surface area contributed by atoms with Gasteiger partial charge in [-0.2, -0.15) is 0 Å². The molecule has 0 atom stereocenters. The van der Waals surface area contributed by atoms with E-state index in [1.807, 2.05) is 30.5 Å². The van der Waals surface area contributed by atoms with Gasteiger partial charge in [0.2, 0.25) is 0 Å². The Balaban J connectivity index is 1.45. The number of hydrogen-bond donors (Lipinski definition) is 3. The Labute approximate surface area is 177 Å². The lowest BCUT2D eigenvalue weighted by Crippen LogP contribution is -2.51. The number of aromatic nitrogens is 1. The molecule has 5 N–H and O–H groups in total. The standard InChI is InChI=1S/C23H30N6O/c1-23(14-30-15-23)13-29-6-4-16(5-7-29)22(26)28-21-9-19-8-17(20(10-24)11-25)2-3-18(19)12-27-21/h2-3,8-12,16,24H,4-7,13-15,25H2,1H3,(H2,26,27,28)/b20-11+,24-10?. The van der Waals surface area contributed by atoms with Gasteiger partial charge in [-0.15, -0.1) is 0 Å². The predicted octanol–water partition coefficient (Wildman–Crippen LogP) is 2.92. The van der Waals surface area contributed by atoms with Gasteiger partial charge in [0.05, 0.1) is 13.2 Å². The van der Waals surface area contributed by atoms with Crippen molar-refractivity contribution in [2.45, 2.75) is 19.8 Å². The van der Waals surface area contributed by atoms with Crippen LogP contribution in [0.1, 0.15) is 25.3 Å². The van der Waals surface area contributed by atoms with Gasteiger partial charge in [-0.05, 0) is 49.0 Å². The average molecular weight is 407 g/mol. The summed E-state index contributed by atoms with van der Waals surface area (Å²) in [4.78, 5) is 11.6. The molecule has 0 saturated carbocycles. The summed E-state index contributed by atoms with van der Waals surface area (Å²) in [6.45, 7) is 7.22. The lowest BCUT2D eigenvalue weighted by atomic mass is 9.86. The first-order valence-corrected chi connectivity index (χ1v) is 10.5. The number of benzene rings is 1. The van der Waals surface area contributed by atoms with Crippen LogP contribution in [0.2, 0.25) is 0 Å². The van der Waals surface area contributed by atoms with Crippen LogP contribution in [-0.2, 0) is 4.74 Å². The molecule has 0 radical (unpaired) electrons. The van der Waals surface area contributed by atoms with Crippen LogP contribution in [0, 0.1) is 16.7 Å². The van der Waals surface area contributed by atoms with Crippen LogP contribution >= 0.6 is 0 Å². The van der Waals surface area contributed by atoms with Crippen LogP contribution in [-0.4, -0.2) is 54.8 Å². The van der Waals surface area contributed by atoms with Crippen molar-refractivity contribution in [2.24, 2.45) is 27.8 Å². The van der Waals surface area contributed by atoms with Gasteiger partial charge in [0, 0.05) is 47.4 Å². The summed E-state index contributed by atoms with van der Waals surface area (Å²) >= 11 is 0. The molecule has 30 heavy (non-hydrogen) atoms. The number of ether oxygens (including phenoxy) is 1. The number of hydrogen-bond acceptors (Lipinski definition) is 6. The van der Waals surface area contributed by atoms with E-state index < -0.39 is 0 Å². The number of aliphatic imine (C=N–C) groups is 1. The highest BCUT2D eigenvalue weighted by Crippen LogP contribution is 2.30. The number of likely N-dealkylation sites (tertiary alicyclic amines) is 1. The molecule has 0 spiro atoms. The third kappa shape index (κ3) is 4.37. The first-order valence-electron chi connectivity index (χ1n) is 10.5. The fourth-order valence-electron chi connectivity index (χ4n) is 4.29. The van der Waals surface area contributed by atoms with Gasteiger partial charge in [-0.25, -0.2) is 9.98 Å². The molecule has 1 aromatic carbocycles. The summed E-state index contributed by atoms with van der Waals surface area (Å²) in [5, 5.41) is 9.51. The van der Waals surface area contributed by atoms with E-state index in [9.17, 15) is 0 Å². The molecule has 0 bridgehead atoms. The molecule has 0 amide bonds. The Morgan fingerprint density at radius 3 is 2.70 bits per heavy atom. The third-order valence-corrected chi connectivity index (χ3v) is 6.13. The fraction of sp³-hybridized carbons (Fsp3) is 0.435. The number of piperidine rings is 1. The molecular formula is C23H30N6O. The summed E-state index contributed by atoms with van der Waals surface area (Å²) in [5.41, 5.74) is 13.9. The maximum Gasteiger partial charge on any atom is 0.154 e. The Morgan fingerprint density at radius 1 is 1.30 bits per heavy atom. The second kappa shape index (κ2) is 8.53. The quantitative estimate of drug-likeness (QED) is 0.504. The normalized spacial score (nSPS) is 20.8. The summed E-state index contributed by atoms with van der Waals surface area (Å²) < 4.78 is 5.38. The van der Waals surface area contributed by atoms with Gasteiger partial charge < -0.3 is 26.5 Å². The highest BCUT2D eigenvalue weighted by Gasteiger charge is 2.36. The first-order chi connectivity index (χ1) is 14.5. The number of rotatable bonds is 6. The lowest BCUT2D eigenvalue weighted by Gasteiger charge is -2.43. The van der Waals surface area contributed by atoms with Crippen molar-refractivity contribution in [3.63, 3.8) is 0 Å². The van der Waals surface area contributed by atoms with Crippen LogP contribution in [0.4, 0.5) is 5.82 Å². The number of nitrogens with two attached hydrogens (primary N) is 2. The van der Waals surface area contributed by atoms with E-state index >= 15 is 0 Å². The van der Waals surface area contributed by atoms with Crippen LogP contribution in [0.3, 0.4) is 0 Å². The van der Waals surface area contributed by atoms with Gasteiger partial charge in [-0.3, -0.25) is 0 Å². The van der Waals surface area contributed by atoms with Crippen LogP contribution < -0.4 is 11.5 Å². The van der Waals surface area contributed by atoms with Crippen LogP contribution in [0.5, 0.6) is 0 Å². The highest BCUT2D eigenvalue weighted by molar-refractivity contribution is 6.09. The molecule has 2 fully saturated rings. The number of nitrogens with one attached hydrogen (secondary N) is 1. The van der Waals surface area contributed by atoms with Crippen molar-refractivity contribution >= 4 is 34.2 Å². The van der Waals surface area contributed by atoms with E-state index in [0.717, 1.165) is 62.0 Å². The van der Waals surface area contributed by atoms with E-state index in [1.54, 1.807) is 0 Å². The van der Waals surface area contributed by atoms with E-state index in [0.29, 0.717) is 28.6 Å². The third-order valence-electron chi connectivity index (χ3n) is 6.13. The molecule has 2 aliphatic heterocycles. The Hall–Kier alpha value is -2.77. The first kappa shape index (κ1) is 20.5. The summed E-state index contributed by atoms with van der Waals surface area (Å²) in [7, 11) is 0. The number of amidine groups is 1. The number of nitrogens with zero attached hydrogens (tertiary/aromatic N) is 3. The molecular weight excluding hydrogens is 376 g/mol. The number of allylic oxidation sites excluding steroid dienone is 1. The van der Waals surface area contributed by atoms with Crippen molar-refractivity contribution in [3.05, 3.63) is 42.2 Å². The summed E-state index contributed by atoms with van der Waals surface area (Å²) in [6, 6.07) is 7.86. The highest BCUT2D eigenvalue weighted by atomic mass is 16.5. The molecule has 7 nitrogen and oxygen atoms in total. The minimum Gasteiger partial charge on any atom is -0.404 e. The second-order valence-electron chi connectivity index (χ2n) is 8.76. The predicted molar refractivity (Wildman–Crippen MR) is 122 cm³/mol. The molecule has 0 aliphatic carbocycles. The summed E-state index contributed by atoms with van der Waals surface area (Å²) in [6.07, 6.45) is 6.55. The fourth-order valence-corrected chi connectivity index (χ4v) is 4.29. The summed E-state index contributed by atoms with van der Waals surface area (Å²) in [5.74, 6) is 1.57. The smallest absolute Gasteiger partial charge is 0.154 e. The van der Waals surface area contributed by atoms with Crippen molar-refractivity contribution in [3.8, 4) is 0 Å². The molecule has 2 saturated heterocycles. The van der Waals surface area contributed by atoms with E-state index in [4.69, 9.17) is 21.6 Å². The van der Waals surface area contributed by atoms with Crippen molar-refractivity contribution in [1.29, 1.82) is 5.41 Å². The topological polar surface area (TPSA) is 114 Å². The minimum absolute atomic E-state index is 0.292. The van der Waals surface area contributed by atoms with Gasteiger partial charge >= 0.3 is 0 Å². The van der Waals surface area contributed by atoms with Gasteiger partial charge in [0.15, 0.2) is 5.82 Å². The monoisotopic (exact) mass is 406 g/mol. The minimum atomic E-state index is 0.292. The zero-order valence-electron chi connectivity index (χ0n) is 17.5. The molecule has 158 valence electrons. The second-order valence-corrected chi connectivity index (χ2v) is 8.76. The molecule has 3 heterocycles. The Kier molecular flexibility index (Phi) is 5.83. The van der Waals surface area contributed by atoms with Crippen LogP contribution in [0.15, 0.2) is 41.7 Å². The molecule has 4 rings (SSSR count). The van der Waals surface area contributed by atoms with Crippen molar-refractivity contribution in [2.75, 3.05) is 32.8 Å². The van der Waals surface area contributed by atoms with E-state index in [-0.39, 0.29) is 0 Å². The van der Waals surface area contributed by atoms with Crippen molar-refractivity contribution < 1.29 is 4.74 Å². The molecule has 0 unspecified atom stereocenters. The SMILES string of the molecule is CC1(CN2CCC(C(N)=Nc3cc4cc(/C(C=N)=C/N)ccc4cn3)CC2)COC1. The van der Waals surface area contributed by atoms with Crippen molar-refractivity contribution in [1.82, 2.24) is 9.88 Å². The zero-order chi connectivity index (χ0) is 21.1. The van der Waals surface area contributed by atoms with E-state index in [1.165, 1.54) is 12.4 Å². The van der Waals surface area contributed by atoms with Gasteiger partial charge in [-0.1, -0.05) is 19.1 Å². The van der Waals surface area contributed by atoms with Gasteiger partial charge in [0.25, 0.3) is 0 Å². The Bertz CT molecular complexity index is 986. The zero-order valence-corrected chi connectivity index (χ0v) is 17.5. The Morgan fingerprint density at radius 2 is 2.07 bits per heavy atom. The molecule has 2 aromatic rings. The maximum atomic E-state index is 7.50. The molecule has 7 heteroatoms. The van der Waals surface area contributed by atoms with Gasteiger partial charge in [0.1, 0.15) is 5.84 Å². The lowest BCUT2D eigenvalue weighted by molar-refractivity contribution is -0.116. The number of fused-ring (bicyclic) bond motifs is 1. The largest absolute Gasteiger partial charge is 0.404 e. The average Bonchev–Trinajstić information content (AvgIpc) is 2.74. The number of pyridine rings is 1. The molecule has 1 aromatic heterocycles.